The molecule has 1 amide bonds. The van der Waals surface area contributed by atoms with E-state index >= 15 is 0 Å². The number of hydrogen-bond acceptors (Lipinski definition) is 5. The van der Waals surface area contributed by atoms with Crippen molar-refractivity contribution >= 4 is 45.4 Å². The Hall–Kier alpha value is -2.51. The first-order valence-corrected chi connectivity index (χ1v) is 10.1. The van der Waals surface area contributed by atoms with Crippen molar-refractivity contribution in [1.29, 1.82) is 0 Å². The summed E-state index contributed by atoms with van der Waals surface area (Å²) in [5.74, 6) is -0.657. The van der Waals surface area contributed by atoms with Crippen LogP contribution in [-0.2, 0) is 0 Å². The van der Waals surface area contributed by atoms with Gasteiger partial charge in [0.25, 0.3) is 5.91 Å². The molecule has 1 N–H and O–H groups in total. The second-order valence-electron chi connectivity index (χ2n) is 6.58. The Labute approximate surface area is 171 Å². The van der Waals surface area contributed by atoms with Crippen molar-refractivity contribution in [3.8, 4) is 0 Å². The number of rotatable bonds is 3. The van der Waals surface area contributed by atoms with Gasteiger partial charge in [0, 0.05) is 40.5 Å². The van der Waals surface area contributed by atoms with Gasteiger partial charge in [0.05, 0.1) is 5.69 Å². The van der Waals surface area contributed by atoms with Gasteiger partial charge in [0.2, 0.25) is 0 Å². The van der Waals surface area contributed by atoms with Gasteiger partial charge in [-0.25, -0.2) is 9.37 Å². The van der Waals surface area contributed by atoms with Crippen LogP contribution in [0.15, 0.2) is 46.7 Å². The van der Waals surface area contributed by atoms with E-state index < -0.39 is 5.82 Å². The summed E-state index contributed by atoms with van der Waals surface area (Å²) in [5.41, 5.74) is 3.71. The monoisotopic (exact) mass is 416 g/mol. The molecule has 0 radical (unpaired) electrons. The molecule has 28 heavy (non-hydrogen) atoms. The summed E-state index contributed by atoms with van der Waals surface area (Å²) >= 11 is 7.10. The first-order chi connectivity index (χ1) is 13.4. The summed E-state index contributed by atoms with van der Waals surface area (Å²) in [6, 6.07) is 4.37. The summed E-state index contributed by atoms with van der Waals surface area (Å²) in [4.78, 5) is 24.5. The molecule has 0 unspecified atom stereocenters. The van der Waals surface area contributed by atoms with Crippen molar-refractivity contribution in [2.45, 2.75) is 26.7 Å². The largest absolute Gasteiger partial charge is 0.329 e. The molecule has 2 aromatic rings. The lowest BCUT2D eigenvalue weighted by Crippen LogP contribution is -2.31. The predicted octanol–water partition coefficient (Wildman–Crippen LogP) is 5.47. The van der Waals surface area contributed by atoms with Crippen molar-refractivity contribution < 1.29 is 9.18 Å². The van der Waals surface area contributed by atoms with Gasteiger partial charge in [-0.2, -0.15) is 0 Å². The topological polar surface area (TPSA) is 57.6 Å². The van der Waals surface area contributed by atoms with Crippen molar-refractivity contribution in [2.24, 2.45) is 4.99 Å². The minimum Gasteiger partial charge on any atom is -0.329 e. The van der Waals surface area contributed by atoms with Crippen LogP contribution < -0.4 is 5.32 Å². The van der Waals surface area contributed by atoms with Gasteiger partial charge in [0.15, 0.2) is 5.13 Å². The Morgan fingerprint density at radius 3 is 2.96 bits per heavy atom. The number of anilines is 2. The molecule has 5 nitrogen and oxygen atoms in total. The maximum Gasteiger partial charge on any atom is 0.281 e. The highest BCUT2D eigenvalue weighted by atomic mass is 35.5. The average Bonchev–Trinajstić information content (AvgIpc) is 3.04. The number of aryl methyl sites for hydroxylation is 1. The molecule has 144 valence electrons. The molecule has 1 aromatic carbocycles. The summed E-state index contributed by atoms with van der Waals surface area (Å²) in [6.07, 6.45) is 5.29. The number of dihydropyridines is 1. The van der Waals surface area contributed by atoms with Crippen molar-refractivity contribution in [1.82, 2.24) is 9.88 Å². The van der Waals surface area contributed by atoms with Crippen LogP contribution in [0.5, 0.6) is 0 Å². The number of nitrogens with zero attached hydrogens (tertiary/aromatic N) is 3. The van der Waals surface area contributed by atoms with Crippen molar-refractivity contribution in [2.75, 3.05) is 11.9 Å². The molecule has 0 spiro atoms. The number of benzene rings is 1. The van der Waals surface area contributed by atoms with E-state index in [9.17, 15) is 9.18 Å². The molecular weight excluding hydrogens is 399 g/mol. The standard InChI is InChI=1S/C20H18ClFN4OS/c1-11-14-4-3-9-26(17(14)7-8-23-11)19(27)18-12(2)28-20(25-18)24-16-6-5-13(21)10-15(16)22/h3,5-6,9-10H,4,7-8H2,1-2H3,(H,24,25). The summed E-state index contributed by atoms with van der Waals surface area (Å²) in [5, 5.41) is 3.71. The van der Waals surface area contributed by atoms with Gasteiger partial charge in [-0.1, -0.05) is 17.7 Å². The Morgan fingerprint density at radius 2 is 2.18 bits per heavy atom. The smallest absolute Gasteiger partial charge is 0.281 e. The second-order valence-corrected chi connectivity index (χ2v) is 8.22. The molecule has 0 aliphatic carbocycles. The number of amides is 1. The third kappa shape index (κ3) is 3.47. The highest BCUT2D eigenvalue weighted by Crippen LogP contribution is 2.32. The molecule has 0 fully saturated rings. The number of aromatic nitrogens is 1. The number of nitrogens with one attached hydrogen (secondary N) is 1. The van der Waals surface area contributed by atoms with E-state index in [0.29, 0.717) is 22.4 Å². The number of halogens is 2. The van der Waals surface area contributed by atoms with E-state index in [1.807, 2.05) is 26.1 Å². The van der Waals surface area contributed by atoms with Crippen LogP contribution in [0, 0.1) is 12.7 Å². The molecule has 2 aliphatic heterocycles. The first kappa shape index (κ1) is 18.8. The van der Waals surface area contributed by atoms with E-state index in [-0.39, 0.29) is 11.6 Å². The number of hydrogen-bond donors (Lipinski definition) is 1. The van der Waals surface area contributed by atoms with Gasteiger partial charge in [-0.05, 0) is 44.0 Å². The number of carbonyl (C=O) groups is 1. The Bertz CT molecular complexity index is 1060. The van der Waals surface area contributed by atoms with Crippen LogP contribution in [0.25, 0.3) is 0 Å². The van der Waals surface area contributed by atoms with Crippen LogP contribution in [0.1, 0.15) is 35.1 Å². The lowest BCUT2D eigenvalue weighted by molar-refractivity contribution is 0.0846. The van der Waals surface area contributed by atoms with Crippen LogP contribution in [0.4, 0.5) is 15.2 Å². The molecule has 0 saturated heterocycles. The third-order valence-corrected chi connectivity index (χ3v) is 5.86. The molecule has 4 rings (SSSR count). The third-order valence-electron chi connectivity index (χ3n) is 4.74. The fourth-order valence-corrected chi connectivity index (χ4v) is 4.32. The summed E-state index contributed by atoms with van der Waals surface area (Å²) in [6.45, 7) is 4.50. The normalized spacial score (nSPS) is 16.1. The van der Waals surface area contributed by atoms with Crippen LogP contribution in [0.2, 0.25) is 5.02 Å². The van der Waals surface area contributed by atoms with Crippen LogP contribution >= 0.6 is 22.9 Å². The van der Waals surface area contributed by atoms with Gasteiger partial charge >= 0.3 is 0 Å². The highest BCUT2D eigenvalue weighted by molar-refractivity contribution is 7.15. The zero-order valence-corrected chi connectivity index (χ0v) is 17.0. The molecule has 0 atom stereocenters. The Kier molecular flexibility index (Phi) is 5.03. The zero-order valence-electron chi connectivity index (χ0n) is 15.4. The van der Waals surface area contributed by atoms with E-state index in [1.54, 1.807) is 17.0 Å². The summed E-state index contributed by atoms with van der Waals surface area (Å²) < 4.78 is 14.0. The molecule has 2 aliphatic rings. The SMILES string of the molecule is CC1=NCCC2=C1CC=CN2C(=O)c1nc(Nc2ccc(Cl)cc2F)sc1C. The maximum absolute atomic E-state index is 14.0. The number of allylic oxidation sites excluding steroid dienone is 2. The average molecular weight is 417 g/mol. The van der Waals surface area contributed by atoms with E-state index in [4.69, 9.17) is 11.6 Å². The summed E-state index contributed by atoms with van der Waals surface area (Å²) in [7, 11) is 0. The quantitative estimate of drug-likeness (QED) is 0.722. The lowest BCUT2D eigenvalue weighted by Gasteiger charge is -2.30. The van der Waals surface area contributed by atoms with Gasteiger partial charge in [0.1, 0.15) is 11.5 Å². The lowest BCUT2D eigenvalue weighted by atomic mass is 9.97. The molecule has 8 heteroatoms. The minimum absolute atomic E-state index is 0.184. The van der Waals surface area contributed by atoms with Gasteiger partial charge < -0.3 is 5.32 Å². The van der Waals surface area contributed by atoms with Crippen molar-refractivity contribution in [3.05, 3.63) is 63.2 Å². The Morgan fingerprint density at radius 1 is 1.36 bits per heavy atom. The van der Waals surface area contributed by atoms with Crippen molar-refractivity contribution in [3.63, 3.8) is 0 Å². The van der Waals surface area contributed by atoms with E-state index in [1.165, 1.54) is 17.4 Å². The molecule has 3 heterocycles. The predicted molar refractivity (Wildman–Crippen MR) is 111 cm³/mol. The molecule has 0 bridgehead atoms. The fraction of sp³-hybridized carbons (Fsp3) is 0.250. The van der Waals surface area contributed by atoms with Gasteiger partial charge in [-0.15, -0.1) is 11.3 Å². The number of aliphatic imine (C=N–C) groups is 1. The number of thiazole rings is 1. The number of carbonyl (C=O) groups excluding carboxylic acids is 1. The van der Waals surface area contributed by atoms with Crippen LogP contribution in [0.3, 0.4) is 0 Å². The van der Waals surface area contributed by atoms with Crippen LogP contribution in [-0.4, -0.2) is 28.0 Å². The first-order valence-electron chi connectivity index (χ1n) is 8.87. The molecule has 1 aromatic heterocycles. The molecule has 0 saturated carbocycles. The fourth-order valence-electron chi connectivity index (χ4n) is 3.34. The van der Waals surface area contributed by atoms with Gasteiger partial charge in [-0.3, -0.25) is 14.7 Å². The minimum atomic E-state index is -0.473. The van der Waals surface area contributed by atoms with E-state index in [0.717, 1.165) is 34.7 Å². The molecular formula is C20H18ClFN4OS. The highest BCUT2D eigenvalue weighted by Gasteiger charge is 2.28. The second kappa shape index (κ2) is 7.48. The zero-order chi connectivity index (χ0) is 19.8. The van der Waals surface area contributed by atoms with E-state index in [2.05, 4.69) is 15.3 Å². The Balaban J connectivity index is 1.61. The maximum atomic E-state index is 14.0.